The van der Waals surface area contributed by atoms with Crippen LogP contribution in [0.5, 0.6) is 0 Å². The standard InChI is InChI=1S/C15H24N4O4/c1-10(2)13-16-12(17-23-13)9-18(3)14(20)11-7-5-6-8-19(11)15(21)22-4/h10-11H,5-9H2,1-4H3. The molecule has 1 aromatic rings. The Morgan fingerprint density at radius 1 is 1.43 bits per heavy atom. The van der Waals surface area contributed by atoms with Gasteiger partial charge in [-0.05, 0) is 19.3 Å². The van der Waals surface area contributed by atoms with Crippen LogP contribution in [0.2, 0.25) is 0 Å². The molecule has 0 N–H and O–H groups in total. The quantitative estimate of drug-likeness (QED) is 0.838. The van der Waals surface area contributed by atoms with Gasteiger partial charge in [0, 0.05) is 19.5 Å². The molecule has 1 aromatic heterocycles. The minimum absolute atomic E-state index is 0.133. The molecule has 1 aliphatic heterocycles. The summed E-state index contributed by atoms with van der Waals surface area (Å²) in [7, 11) is 3.01. The summed E-state index contributed by atoms with van der Waals surface area (Å²) in [6.45, 7) is 4.71. The zero-order chi connectivity index (χ0) is 17.0. The van der Waals surface area contributed by atoms with Gasteiger partial charge in [-0.2, -0.15) is 4.98 Å². The number of likely N-dealkylation sites (tertiary alicyclic amines) is 1. The molecule has 1 unspecified atom stereocenters. The topological polar surface area (TPSA) is 88.8 Å². The summed E-state index contributed by atoms with van der Waals surface area (Å²) in [5, 5.41) is 3.89. The van der Waals surface area contributed by atoms with Gasteiger partial charge in [-0.25, -0.2) is 4.79 Å². The third-order valence-electron chi connectivity index (χ3n) is 3.93. The van der Waals surface area contributed by atoms with Gasteiger partial charge in [-0.1, -0.05) is 19.0 Å². The second-order valence-corrected chi connectivity index (χ2v) is 6.07. The molecule has 0 spiro atoms. The van der Waals surface area contributed by atoms with Gasteiger partial charge in [0.05, 0.1) is 13.7 Å². The van der Waals surface area contributed by atoms with Crippen molar-refractivity contribution in [1.82, 2.24) is 19.9 Å². The van der Waals surface area contributed by atoms with Crippen LogP contribution in [-0.4, -0.2) is 58.7 Å². The largest absolute Gasteiger partial charge is 0.453 e. The Morgan fingerprint density at radius 3 is 2.78 bits per heavy atom. The zero-order valence-electron chi connectivity index (χ0n) is 14.1. The van der Waals surface area contributed by atoms with Crippen LogP contribution in [0.15, 0.2) is 4.52 Å². The molecule has 1 fully saturated rings. The van der Waals surface area contributed by atoms with E-state index in [1.54, 1.807) is 7.05 Å². The first-order chi connectivity index (χ1) is 10.9. The van der Waals surface area contributed by atoms with E-state index >= 15 is 0 Å². The van der Waals surface area contributed by atoms with Crippen molar-refractivity contribution in [2.45, 2.75) is 51.6 Å². The number of rotatable bonds is 4. The summed E-state index contributed by atoms with van der Waals surface area (Å²) >= 11 is 0. The molecule has 8 nitrogen and oxygen atoms in total. The highest BCUT2D eigenvalue weighted by atomic mass is 16.5. The highest BCUT2D eigenvalue weighted by Gasteiger charge is 2.34. The average Bonchev–Trinajstić information content (AvgIpc) is 3.02. The first-order valence-corrected chi connectivity index (χ1v) is 7.86. The number of hydrogen-bond acceptors (Lipinski definition) is 6. The fraction of sp³-hybridized carbons (Fsp3) is 0.733. The van der Waals surface area contributed by atoms with Crippen molar-refractivity contribution in [3.05, 3.63) is 11.7 Å². The van der Waals surface area contributed by atoms with Gasteiger partial charge >= 0.3 is 6.09 Å². The Hall–Kier alpha value is -2.12. The van der Waals surface area contributed by atoms with Crippen molar-refractivity contribution in [1.29, 1.82) is 0 Å². The van der Waals surface area contributed by atoms with Crippen molar-refractivity contribution in [2.24, 2.45) is 0 Å². The van der Waals surface area contributed by atoms with E-state index in [4.69, 9.17) is 9.26 Å². The molecule has 1 saturated heterocycles. The molecule has 2 amide bonds. The molecule has 0 saturated carbocycles. The number of carbonyl (C=O) groups is 2. The fourth-order valence-corrected chi connectivity index (χ4v) is 2.63. The SMILES string of the molecule is COC(=O)N1CCCCC1C(=O)N(C)Cc1noc(C(C)C)n1. The summed E-state index contributed by atoms with van der Waals surface area (Å²) in [5.74, 6) is 1.02. The molecule has 8 heteroatoms. The molecule has 0 radical (unpaired) electrons. The minimum atomic E-state index is -0.488. The molecule has 128 valence electrons. The second-order valence-electron chi connectivity index (χ2n) is 6.07. The lowest BCUT2D eigenvalue weighted by Gasteiger charge is -2.35. The smallest absolute Gasteiger partial charge is 0.410 e. The van der Waals surface area contributed by atoms with Gasteiger partial charge in [0.1, 0.15) is 6.04 Å². The highest BCUT2D eigenvalue weighted by Crippen LogP contribution is 2.20. The molecular weight excluding hydrogens is 300 g/mol. The Morgan fingerprint density at radius 2 is 2.17 bits per heavy atom. The molecule has 23 heavy (non-hydrogen) atoms. The highest BCUT2D eigenvalue weighted by molar-refractivity contribution is 5.85. The average molecular weight is 324 g/mol. The predicted molar refractivity (Wildman–Crippen MR) is 81.6 cm³/mol. The summed E-state index contributed by atoms with van der Waals surface area (Å²) in [5.41, 5.74) is 0. The maximum absolute atomic E-state index is 12.7. The Bertz CT molecular complexity index is 557. The van der Waals surface area contributed by atoms with Gasteiger partial charge in [-0.3, -0.25) is 9.69 Å². The third kappa shape index (κ3) is 4.00. The number of hydrogen-bond donors (Lipinski definition) is 0. The van der Waals surface area contributed by atoms with Gasteiger partial charge in [-0.15, -0.1) is 0 Å². The number of ether oxygens (including phenoxy) is 1. The van der Waals surface area contributed by atoms with Gasteiger partial charge in [0.2, 0.25) is 11.8 Å². The molecule has 0 aliphatic carbocycles. The molecule has 2 heterocycles. The summed E-state index contributed by atoms with van der Waals surface area (Å²) in [6, 6.07) is -0.488. The zero-order valence-corrected chi connectivity index (χ0v) is 14.1. The Labute approximate surface area is 135 Å². The molecule has 2 rings (SSSR count). The van der Waals surface area contributed by atoms with E-state index in [9.17, 15) is 9.59 Å². The monoisotopic (exact) mass is 324 g/mol. The van der Waals surface area contributed by atoms with Gasteiger partial charge < -0.3 is 14.2 Å². The maximum Gasteiger partial charge on any atom is 0.410 e. The van der Waals surface area contributed by atoms with Crippen molar-refractivity contribution < 1.29 is 18.8 Å². The van der Waals surface area contributed by atoms with Crippen LogP contribution in [0, 0.1) is 0 Å². The number of amides is 2. The lowest BCUT2D eigenvalue weighted by molar-refractivity contribution is -0.136. The molecular formula is C15H24N4O4. The molecule has 0 aromatic carbocycles. The predicted octanol–water partition coefficient (Wildman–Crippen LogP) is 1.77. The number of likely N-dealkylation sites (N-methyl/N-ethyl adjacent to an activating group) is 1. The van der Waals surface area contributed by atoms with E-state index in [0.717, 1.165) is 12.8 Å². The lowest BCUT2D eigenvalue weighted by Crippen LogP contribution is -2.52. The van der Waals surface area contributed by atoms with Gasteiger partial charge in [0.25, 0.3) is 0 Å². The van der Waals surface area contributed by atoms with Gasteiger partial charge in [0.15, 0.2) is 5.82 Å². The lowest BCUT2D eigenvalue weighted by atomic mass is 10.0. The minimum Gasteiger partial charge on any atom is -0.453 e. The summed E-state index contributed by atoms with van der Waals surface area (Å²) in [6.07, 6.45) is 1.97. The number of aromatic nitrogens is 2. The third-order valence-corrected chi connectivity index (χ3v) is 3.93. The van der Waals surface area contributed by atoms with Crippen molar-refractivity contribution in [3.63, 3.8) is 0 Å². The van der Waals surface area contributed by atoms with Crippen LogP contribution in [0.3, 0.4) is 0 Å². The number of carbonyl (C=O) groups excluding carboxylic acids is 2. The van der Waals surface area contributed by atoms with Crippen LogP contribution >= 0.6 is 0 Å². The summed E-state index contributed by atoms with van der Waals surface area (Å²) in [4.78, 5) is 31.8. The number of methoxy groups -OCH3 is 1. The fourth-order valence-electron chi connectivity index (χ4n) is 2.63. The maximum atomic E-state index is 12.7. The van der Waals surface area contributed by atoms with E-state index in [0.29, 0.717) is 24.7 Å². The summed E-state index contributed by atoms with van der Waals surface area (Å²) < 4.78 is 9.92. The normalized spacial score (nSPS) is 18.1. The van der Waals surface area contributed by atoms with Crippen molar-refractivity contribution in [3.8, 4) is 0 Å². The van der Waals surface area contributed by atoms with Crippen LogP contribution in [0.1, 0.15) is 50.7 Å². The Balaban J connectivity index is 2.03. The molecule has 0 bridgehead atoms. The van der Waals surface area contributed by atoms with E-state index in [-0.39, 0.29) is 18.4 Å². The van der Waals surface area contributed by atoms with E-state index in [2.05, 4.69) is 10.1 Å². The van der Waals surface area contributed by atoms with Crippen molar-refractivity contribution in [2.75, 3.05) is 20.7 Å². The van der Waals surface area contributed by atoms with Crippen LogP contribution in [-0.2, 0) is 16.1 Å². The van der Waals surface area contributed by atoms with Crippen LogP contribution < -0.4 is 0 Å². The second kappa shape index (κ2) is 7.43. The van der Waals surface area contributed by atoms with E-state index in [1.807, 2.05) is 13.8 Å². The van der Waals surface area contributed by atoms with E-state index < -0.39 is 12.1 Å². The molecule has 1 atom stereocenters. The number of nitrogens with zero attached hydrogens (tertiary/aromatic N) is 4. The van der Waals surface area contributed by atoms with Crippen LogP contribution in [0.25, 0.3) is 0 Å². The van der Waals surface area contributed by atoms with E-state index in [1.165, 1.54) is 16.9 Å². The number of piperidine rings is 1. The Kier molecular flexibility index (Phi) is 5.57. The molecule has 1 aliphatic rings. The first kappa shape index (κ1) is 17.2. The van der Waals surface area contributed by atoms with Crippen molar-refractivity contribution >= 4 is 12.0 Å². The van der Waals surface area contributed by atoms with Crippen LogP contribution in [0.4, 0.5) is 4.79 Å². The first-order valence-electron chi connectivity index (χ1n) is 7.86.